The van der Waals surface area contributed by atoms with E-state index in [9.17, 15) is 14.4 Å². The monoisotopic (exact) mass is 725 g/mol. The molecule has 3 aromatic carbocycles. The topological polar surface area (TPSA) is 133 Å². The number of ether oxygens (including phenoxy) is 3. The molecule has 2 saturated heterocycles. The number of imidazole rings is 1. The zero-order valence-corrected chi connectivity index (χ0v) is 31.3. The molecule has 0 aliphatic carbocycles. The number of hydrogen-bond acceptors (Lipinski definition) is 9. The van der Waals surface area contributed by atoms with Crippen LogP contribution in [0.15, 0.2) is 54.6 Å². The number of benzene rings is 3. The molecule has 6 rings (SSSR count). The van der Waals surface area contributed by atoms with Crippen LogP contribution in [0.3, 0.4) is 0 Å². The molecule has 53 heavy (non-hydrogen) atoms. The number of fused-ring (bicyclic) bond motifs is 1. The molecule has 2 aliphatic heterocycles. The largest absolute Gasteiger partial charge is 0.495 e. The van der Waals surface area contributed by atoms with Gasteiger partial charge in [0.25, 0.3) is 11.8 Å². The number of nitrogens with one attached hydrogen (secondary N) is 2. The summed E-state index contributed by atoms with van der Waals surface area (Å²) in [5.74, 6) is 1.40. The van der Waals surface area contributed by atoms with E-state index in [4.69, 9.17) is 19.2 Å². The number of H-pyrrole nitrogens is 1. The van der Waals surface area contributed by atoms with Crippen LogP contribution in [0.2, 0.25) is 0 Å². The number of aromatic amines is 1. The number of carbonyl (C=O) groups excluding carboxylic acids is 3. The molecule has 0 bridgehead atoms. The number of rotatable bonds is 14. The quantitative estimate of drug-likeness (QED) is 0.173. The number of anilines is 2. The molecular weight excluding hydrogens is 674 g/mol. The first-order valence-corrected chi connectivity index (χ1v) is 18.4. The van der Waals surface area contributed by atoms with Crippen LogP contribution in [0.1, 0.15) is 57.8 Å². The van der Waals surface area contributed by atoms with Crippen LogP contribution in [-0.4, -0.2) is 123 Å². The number of unbranched alkanes of at least 4 members (excludes halogenated alkanes) is 2. The molecule has 2 fully saturated rings. The van der Waals surface area contributed by atoms with Gasteiger partial charge >= 0.3 is 0 Å². The molecule has 0 saturated carbocycles. The van der Waals surface area contributed by atoms with Gasteiger partial charge in [-0.25, -0.2) is 4.98 Å². The molecule has 282 valence electrons. The van der Waals surface area contributed by atoms with Crippen LogP contribution in [0, 0.1) is 6.92 Å². The molecule has 0 atom stereocenters. The molecule has 13 heteroatoms. The van der Waals surface area contributed by atoms with Gasteiger partial charge in [0.15, 0.2) is 0 Å². The Balaban J connectivity index is 1.06. The molecule has 0 spiro atoms. The summed E-state index contributed by atoms with van der Waals surface area (Å²) in [7, 11) is 5.30. The maximum Gasteiger partial charge on any atom is 0.258 e. The Bertz CT molecular complexity index is 1900. The second-order valence-corrected chi connectivity index (χ2v) is 13.8. The summed E-state index contributed by atoms with van der Waals surface area (Å²) < 4.78 is 17.3. The number of aromatic nitrogens is 2. The van der Waals surface area contributed by atoms with Gasteiger partial charge in [0.1, 0.15) is 22.8 Å². The van der Waals surface area contributed by atoms with Crippen molar-refractivity contribution < 1.29 is 28.6 Å². The van der Waals surface area contributed by atoms with Crippen molar-refractivity contribution in [2.45, 2.75) is 39.2 Å². The number of methoxy groups -OCH3 is 1. The lowest BCUT2D eigenvalue weighted by atomic mass is 10.1. The van der Waals surface area contributed by atoms with Gasteiger partial charge in [-0.1, -0.05) is 12.1 Å². The Morgan fingerprint density at radius 1 is 0.943 bits per heavy atom. The van der Waals surface area contributed by atoms with E-state index in [1.165, 1.54) is 7.11 Å². The van der Waals surface area contributed by atoms with E-state index in [2.05, 4.69) is 27.1 Å². The molecule has 0 radical (unpaired) electrons. The highest BCUT2D eigenvalue weighted by atomic mass is 16.5. The molecular formula is C40H51N7O6. The number of nitrogens with zero attached hydrogens (tertiary/aromatic N) is 5. The van der Waals surface area contributed by atoms with Crippen LogP contribution in [-0.2, 0) is 16.1 Å². The highest BCUT2D eigenvalue weighted by Gasteiger charge is 2.22. The van der Waals surface area contributed by atoms with E-state index in [1.54, 1.807) is 36.2 Å². The fourth-order valence-corrected chi connectivity index (χ4v) is 6.70. The lowest BCUT2D eigenvalue weighted by Gasteiger charge is -2.32. The SMILES string of the molecule is COc1cc(C(=O)N(C)c2ccc(C)cc2OCCCCCC(=O)N2CCN(C)CC2)ccc1NC(=O)c1cccc2[nH]c(CN3CCOCC3)nc12. The first-order valence-electron chi connectivity index (χ1n) is 18.4. The predicted octanol–water partition coefficient (Wildman–Crippen LogP) is 4.95. The van der Waals surface area contributed by atoms with Gasteiger partial charge in [-0.3, -0.25) is 19.3 Å². The summed E-state index contributed by atoms with van der Waals surface area (Å²) >= 11 is 0. The van der Waals surface area contributed by atoms with Crippen molar-refractivity contribution in [2.75, 3.05) is 90.5 Å². The normalized spacial score (nSPS) is 15.4. The Labute approximate surface area is 311 Å². The molecule has 3 heterocycles. The second kappa shape index (κ2) is 17.7. The number of piperazine rings is 1. The summed E-state index contributed by atoms with van der Waals surface area (Å²) in [6.07, 6.45) is 3.06. The van der Waals surface area contributed by atoms with E-state index in [0.29, 0.717) is 72.3 Å². The number of hydrogen-bond donors (Lipinski definition) is 2. The minimum absolute atomic E-state index is 0.229. The first-order chi connectivity index (χ1) is 25.7. The smallest absolute Gasteiger partial charge is 0.258 e. The van der Waals surface area contributed by atoms with Crippen LogP contribution in [0.4, 0.5) is 11.4 Å². The first kappa shape index (κ1) is 37.8. The number of aryl methyl sites for hydroxylation is 1. The summed E-state index contributed by atoms with van der Waals surface area (Å²) in [4.78, 5) is 56.1. The average Bonchev–Trinajstić information content (AvgIpc) is 3.59. The van der Waals surface area contributed by atoms with E-state index in [1.807, 2.05) is 42.2 Å². The van der Waals surface area contributed by atoms with Crippen molar-refractivity contribution in [2.24, 2.45) is 0 Å². The maximum absolute atomic E-state index is 13.8. The maximum atomic E-state index is 13.8. The van der Waals surface area contributed by atoms with Crippen molar-refractivity contribution in [3.63, 3.8) is 0 Å². The molecule has 2 aliphatic rings. The minimum atomic E-state index is -0.336. The lowest BCUT2D eigenvalue weighted by molar-refractivity contribution is -0.132. The van der Waals surface area contributed by atoms with Gasteiger partial charge in [0.05, 0.1) is 55.9 Å². The predicted molar refractivity (Wildman–Crippen MR) is 205 cm³/mol. The molecule has 13 nitrogen and oxygen atoms in total. The van der Waals surface area contributed by atoms with Crippen LogP contribution in [0.5, 0.6) is 11.5 Å². The minimum Gasteiger partial charge on any atom is -0.495 e. The standard InChI is InChI=1S/C40H51N7O6/c1-28-12-15-33(35(25-28)53-22-7-5-6-11-37(48)47-18-16-44(2)17-19-47)45(3)40(50)29-13-14-31(34(26-29)51-4)42-39(49)30-9-8-10-32-38(30)43-36(41-32)27-46-20-23-52-24-21-46/h8-10,12-15,25-26H,5-7,11,16-24,27H2,1-4H3,(H,41,43)(H,42,49). The number of morpholine rings is 1. The zero-order chi connectivity index (χ0) is 37.3. The van der Waals surface area contributed by atoms with Crippen molar-refractivity contribution in [1.29, 1.82) is 0 Å². The lowest BCUT2D eigenvalue weighted by Crippen LogP contribution is -2.47. The number of carbonyl (C=O) groups is 3. The van der Waals surface area contributed by atoms with Gasteiger partial charge < -0.3 is 39.2 Å². The highest BCUT2D eigenvalue weighted by molar-refractivity contribution is 6.12. The van der Waals surface area contributed by atoms with Crippen LogP contribution < -0.4 is 19.7 Å². The summed E-state index contributed by atoms with van der Waals surface area (Å²) in [5, 5.41) is 2.95. The van der Waals surface area contributed by atoms with Gasteiger partial charge in [0, 0.05) is 58.3 Å². The number of amides is 3. The zero-order valence-electron chi connectivity index (χ0n) is 31.3. The van der Waals surface area contributed by atoms with Gasteiger partial charge in [-0.2, -0.15) is 0 Å². The summed E-state index contributed by atoms with van der Waals surface area (Å²) in [5.41, 5.74) is 4.28. The van der Waals surface area contributed by atoms with E-state index < -0.39 is 0 Å². The molecule has 1 aromatic heterocycles. The van der Waals surface area contributed by atoms with Crippen molar-refractivity contribution in [3.05, 3.63) is 77.1 Å². The Kier molecular flexibility index (Phi) is 12.6. The second-order valence-electron chi connectivity index (χ2n) is 13.8. The fraction of sp³-hybridized carbons (Fsp3) is 0.450. The summed E-state index contributed by atoms with van der Waals surface area (Å²) in [6.45, 7) is 9.62. The third-order valence-electron chi connectivity index (χ3n) is 9.91. The molecule has 0 unspecified atom stereocenters. The Hall–Kier alpha value is -4.98. The van der Waals surface area contributed by atoms with E-state index in [-0.39, 0.29) is 17.7 Å². The Morgan fingerprint density at radius 2 is 1.74 bits per heavy atom. The van der Waals surface area contributed by atoms with Gasteiger partial charge in [0.2, 0.25) is 5.91 Å². The van der Waals surface area contributed by atoms with Crippen molar-refractivity contribution >= 4 is 40.1 Å². The van der Waals surface area contributed by atoms with Crippen molar-refractivity contribution in [3.8, 4) is 11.5 Å². The third kappa shape index (κ3) is 9.53. The highest BCUT2D eigenvalue weighted by Crippen LogP contribution is 2.32. The van der Waals surface area contributed by atoms with E-state index >= 15 is 0 Å². The van der Waals surface area contributed by atoms with E-state index in [0.717, 1.165) is 75.4 Å². The molecule has 2 N–H and O–H groups in total. The summed E-state index contributed by atoms with van der Waals surface area (Å²) in [6, 6.07) is 16.2. The van der Waals surface area contributed by atoms with Crippen molar-refractivity contribution in [1.82, 2.24) is 24.7 Å². The average molecular weight is 726 g/mol. The molecule has 4 aromatic rings. The Morgan fingerprint density at radius 3 is 2.51 bits per heavy atom. The van der Waals surface area contributed by atoms with Crippen LogP contribution >= 0.6 is 0 Å². The number of likely N-dealkylation sites (N-methyl/N-ethyl adjacent to an activating group) is 1. The molecule has 3 amide bonds. The third-order valence-corrected chi connectivity index (χ3v) is 9.91. The number of para-hydroxylation sites is 1. The fourth-order valence-electron chi connectivity index (χ4n) is 6.70. The van der Waals surface area contributed by atoms with Gasteiger partial charge in [-0.15, -0.1) is 0 Å². The van der Waals surface area contributed by atoms with Crippen LogP contribution in [0.25, 0.3) is 11.0 Å². The van der Waals surface area contributed by atoms with Gasteiger partial charge in [-0.05, 0) is 81.3 Å².